The minimum Gasteiger partial charge on any atom is -0.379 e. The van der Waals surface area contributed by atoms with Crippen LogP contribution in [0.3, 0.4) is 0 Å². The normalized spacial score (nSPS) is 19.1. The number of aromatic nitrogens is 1. The highest BCUT2D eigenvalue weighted by Crippen LogP contribution is 2.38. The Hall–Kier alpha value is -1.63. The second-order valence-electron chi connectivity index (χ2n) is 12.9. The van der Waals surface area contributed by atoms with Gasteiger partial charge in [0.05, 0.1) is 13.2 Å². The second kappa shape index (κ2) is 10.3. The SMILES string of the molecule is Cc1c(S(=O)(=O)N2CCOCC2)cc(-c2cc(C(C)(C)C)cc(C(C)(C)C)c2)n1CC1CCCCC1. The lowest BCUT2D eigenvalue weighted by molar-refractivity contribution is 0.0730. The standard InChI is InChI=1S/C30H46N2O3S/c1-22-28(36(33,34)31-13-15-35-16-14-31)20-27(32(22)21-23-11-9-8-10-12-23)24-17-25(29(2,3)4)19-26(18-24)30(5,6)7/h17-20,23H,8-16,21H2,1-7H3. The molecule has 1 aromatic carbocycles. The van der Waals surface area contributed by atoms with E-state index in [1.165, 1.54) is 43.2 Å². The smallest absolute Gasteiger partial charge is 0.245 e. The topological polar surface area (TPSA) is 51.5 Å². The Labute approximate surface area is 219 Å². The summed E-state index contributed by atoms with van der Waals surface area (Å²) in [6, 6.07) is 8.85. The van der Waals surface area contributed by atoms with Crippen LogP contribution in [0.2, 0.25) is 0 Å². The third kappa shape index (κ3) is 5.76. The molecule has 2 aromatic rings. The Morgan fingerprint density at radius 2 is 1.42 bits per heavy atom. The van der Waals surface area contributed by atoms with Crippen LogP contribution in [0.1, 0.15) is 90.5 Å². The van der Waals surface area contributed by atoms with Gasteiger partial charge in [-0.15, -0.1) is 0 Å². The first kappa shape index (κ1) is 27.4. The molecule has 0 atom stereocenters. The van der Waals surface area contributed by atoms with Gasteiger partial charge in [0.15, 0.2) is 0 Å². The van der Waals surface area contributed by atoms with Crippen molar-refractivity contribution >= 4 is 10.0 Å². The predicted molar refractivity (Wildman–Crippen MR) is 148 cm³/mol. The minimum atomic E-state index is -3.59. The molecular formula is C30H46N2O3S. The zero-order chi connectivity index (χ0) is 26.3. The molecule has 200 valence electrons. The Balaban J connectivity index is 1.89. The molecule has 2 heterocycles. The van der Waals surface area contributed by atoms with Gasteiger partial charge in [-0.2, -0.15) is 4.31 Å². The molecule has 0 amide bonds. The number of hydrogen-bond acceptors (Lipinski definition) is 3. The van der Waals surface area contributed by atoms with Crippen molar-refractivity contribution in [3.05, 3.63) is 41.1 Å². The van der Waals surface area contributed by atoms with E-state index in [9.17, 15) is 8.42 Å². The van der Waals surface area contributed by atoms with E-state index in [2.05, 4.69) is 64.3 Å². The maximum absolute atomic E-state index is 13.8. The average molecular weight is 515 g/mol. The number of sulfonamides is 1. The molecular weight excluding hydrogens is 468 g/mol. The fraction of sp³-hybridized carbons (Fsp3) is 0.667. The van der Waals surface area contributed by atoms with Crippen LogP contribution in [0.15, 0.2) is 29.2 Å². The molecule has 2 aliphatic rings. The first-order chi connectivity index (χ1) is 16.8. The second-order valence-corrected chi connectivity index (χ2v) is 14.8. The highest BCUT2D eigenvalue weighted by atomic mass is 32.2. The van der Waals surface area contributed by atoms with Crippen molar-refractivity contribution in [3.8, 4) is 11.3 Å². The van der Waals surface area contributed by atoms with Crippen LogP contribution in [-0.4, -0.2) is 43.6 Å². The quantitative estimate of drug-likeness (QED) is 0.448. The van der Waals surface area contributed by atoms with E-state index in [4.69, 9.17) is 4.74 Å². The lowest BCUT2D eigenvalue weighted by Crippen LogP contribution is -2.40. The van der Waals surface area contributed by atoms with E-state index >= 15 is 0 Å². The molecule has 5 nitrogen and oxygen atoms in total. The molecule has 36 heavy (non-hydrogen) atoms. The van der Waals surface area contributed by atoms with Crippen LogP contribution in [0.25, 0.3) is 11.3 Å². The van der Waals surface area contributed by atoms with E-state index < -0.39 is 10.0 Å². The first-order valence-electron chi connectivity index (χ1n) is 13.7. The average Bonchev–Trinajstić information content (AvgIpc) is 3.15. The highest BCUT2D eigenvalue weighted by molar-refractivity contribution is 7.89. The predicted octanol–water partition coefficient (Wildman–Crippen LogP) is 6.66. The van der Waals surface area contributed by atoms with Crippen molar-refractivity contribution in [1.82, 2.24) is 8.87 Å². The van der Waals surface area contributed by atoms with E-state index in [-0.39, 0.29) is 10.8 Å². The summed E-state index contributed by atoms with van der Waals surface area (Å²) >= 11 is 0. The van der Waals surface area contributed by atoms with E-state index in [0.717, 1.165) is 23.5 Å². The van der Waals surface area contributed by atoms with Gasteiger partial charge < -0.3 is 9.30 Å². The Morgan fingerprint density at radius 3 is 1.94 bits per heavy atom. The summed E-state index contributed by atoms with van der Waals surface area (Å²) in [4.78, 5) is 0.452. The lowest BCUT2D eigenvalue weighted by atomic mass is 9.79. The first-order valence-corrected chi connectivity index (χ1v) is 15.2. The molecule has 1 aliphatic carbocycles. The summed E-state index contributed by atoms with van der Waals surface area (Å²) in [7, 11) is -3.59. The number of ether oxygens (including phenoxy) is 1. The summed E-state index contributed by atoms with van der Waals surface area (Å²) in [5, 5.41) is 0. The summed E-state index contributed by atoms with van der Waals surface area (Å²) in [6.07, 6.45) is 6.29. The van der Waals surface area contributed by atoms with Crippen LogP contribution < -0.4 is 0 Å². The van der Waals surface area contributed by atoms with Crippen molar-refractivity contribution in [2.24, 2.45) is 5.92 Å². The monoisotopic (exact) mass is 514 g/mol. The van der Waals surface area contributed by atoms with Crippen molar-refractivity contribution in [2.75, 3.05) is 26.3 Å². The Morgan fingerprint density at radius 1 is 0.861 bits per heavy atom. The molecule has 1 saturated heterocycles. The fourth-order valence-electron chi connectivity index (χ4n) is 5.55. The van der Waals surface area contributed by atoms with Crippen LogP contribution in [0.5, 0.6) is 0 Å². The van der Waals surface area contributed by atoms with Crippen LogP contribution in [0.4, 0.5) is 0 Å². The van der Waals surface area contributed by atoms with Gasteiger partial charge in [0.1, 0.15) is 4.90 Å². The number of hydrogen-bond donors (Lipinski definition) is 0. The van der Waals surface area contributed by atoms with Gasteiger partial charge in [0.25, 0.3) is 0 Å². The maximum atomic E-state index is 13.8. The van der Waals surface area contributed by atoms with Crippen molar-refractivity contribution in [1.29, 1.82) is 0 Å². The van der Waals surface area contributed by atoms with E-state index in [1.54, 1.807) is 4.31 Å². The summed E-state index contributed by atoms with van der Waals surface area (Å²) in [6.45, 7) is 18.1. The summed E-state index contributed by atoms with van der Waals surface area (Å²) in [5.41, 5.74) is 5.57. The molecule has 2 fully saturated rings. The van der Waals surface area contributed by atoms with Crippen molar-refractivity contribution in [3.63, 3.8) is 0 Å². The summed E-state index contributed by atoms with van der Waals surface area (Å²) in [5.74, 6) is 0.593. The zero-order valence-electron chi connectivity index (χ0n) is 23.5. The number of nitrogens with zero attached hydrogens (tertiary/aromatic N) is 2. The Bertz CT molecular complexity index is 1140. The molecule has 1 saturated carbocycles. The molecule has 0 spiro atoms. The largest absolute Gasteiger partial charge is 0.379 e. The van der Waals surface area contributed by atoms with Gasteiger partial charge in [-0.05, 0) is 71.4 Å². The number of rotatable bonds is 5. The third-order valence-electron chi connectivity index (χ3n) is 8.03. The fourth-order valence-corrected chi connectivity index (χ4v) is 7.20. The van der Waals surface area contributed by atoms with E-state index in [1.807, 2.05) is 13.0 Å². The van der Waals surface area contributed by atoms with Crippen LogP contribution in [0, 0.1) is 12.8 Å². The molecule has 1 aliphatic heterocycles. The molecule has 0 N–H and O–H groups in total. The van der Waals surface area contributed by atoms with Gasteiger partial charge >= 0.3 is 0 Å². The zero-order valence-corrected chi connectivity index (χ0v) is 24.3. The van der Waals surface area contributed by atoms with Gasteiger partial charge in [0, 0.05) is 31.0 Å². The number of benzene rings is 1. The molecule has 0 unspecified atom stereocenters. The van der Waals surface area contributed by atoms with Crippen LogP contribution in [-0.2, 0) is 32.1 Å². The summed E-state index contributed by atoms with van der Waals surface area (Å²) < 4.78 is 37.0. The lowest BCUT2D eigenvalue weighted by Gasteiger charge is -2.28. The molecule has 4 rings (SSSR count). The van der Waals surface area contributed by atoms with Gasteiger partial charge in [-0.3, -0.25) is 0 Å². The van der Waals surface area contributed by atoms with Crippen LogP contribution >= 0.6 is 0 Å². The molecule has 1 aromatic heterocycles. The molecule has 0 radical (unpaired) electrons. The minimum absolute atomic E-state index is 0.00540. The highest BCUT2D eigenvalue weighted by Gasteiger charge is 2.32. The van der Waals surface area contributed by atoms with E-state index in [0.29, 0.717) is 37.1 Å². The Kier molecular flexibility index (Phi) is 7.81. The molecule has 0 bridgehead atoms. The number of morpholine rings is 1. The molecule has 6 heteroatoms. The third-order valence-corrected chi connectivity index (χ3v) is 10.0. The van der Waals surface area contributed by atoms with Crippen molar-refractivity contribution < 1.29 is 13.2 Å². The van der Waals surface area contributed by atoms with Gasteiger partial charge in [-0.25, -0.2) is 8.42 Å². The van der Waals surface area contributed by atoms with Crippen molar-refractivity contribution in [2.45, 2.75) is 103 Å². The maximum Gasteiger partial charge on any atom is 0.245 e. The van der Waals surface area contributed by atoms with Gasteiger partial charge in [-0.1, -0.05) is 66.9 Å². The van der Waals surface area contributed by atoms with Gasteiger partial charge in [0.2, 0.25) is 10.0 Å².